The van der Waals surface area contributed by atoms with Crippen LogP contribution in [0.1, 0.15) is 18.4 Å². The van der Waals surface area contributed by atoms with Crippen molar-refractivity contribution in [1.29, 1.82) is 0 Å². The summed E-state index contributed by atoms with van der Waals surface area (Å²) in [6.45, 7) is 1.54. The fourth-order valence-electron chi connectivity index (χ4n) is 1.90. The van der Waals surface area contributed by atoms with Crippen LogP contribution in [0.2, 0.25) is 0 Å². The molecule has 0 spiro atoms. The molecule has 1 aliphatic rings. The number of hydrogen-bond donors (Lipinski definition) is 2. The summed E-state index contributed by atoms with van der Waals surface area (Å²) in [5.41, 5.74) is 0.675. The standard InChI is InChI=1S/C13H15N3O3/c17-12(18)4-3-10-5-6-14-11(9-10)15-13(19)16-7-1-2-8-16/h3-6,9H,1-2,7-8H2,(H,17,18)(H,14,15,19)/b4-3+. The predicted molar refractivity (Wildman–Crippen MR) is 70.7 cm³/mol. The molecule has 6 heteroatoms. The molecule has 0 aromatic carbocycles. The topological polar surface area (TPSA) is 82.5 Å². The molecule has 2 N–H and O–H groups in total. The molecule has 2 rings (SSSR count). The van der Waals surface area contributed by atoms with Crippen molar-refractivity contribution in [2.24, 2.45) is 0 Å². The largest absolute Gasteiger partial charge is 0.478 e. The molecule has 0 bridgehead atoms. The minimum atomic E-state index is -1.01. The van der Waals surface area contributed by atoms with E-state index in [1.807, 2.05) is 0 Å². The highest BCUT2D eigenvalue weighted by Gasteiger charge is 2.17. The Balaban J connectivity index is 2.02. The maximum absolute atomic E-state index is 11.9. The Labute approximate surface area is 110 Å². The van der Waals surface area contributed by atoms with Gasteiger partial charge in [-0.05, 0) is 36.6 Å². The van der Waals surface area contributed by atoms with Gasteiger partial charge >= 0.3 is 12.0 Å². The number of carbonyl (C=O) groups excluding carboxylic acids is 1. The fraction of sp³-hybridized carbons (Fsp3) is 0.308. The highest BCUT2D eigenvalue weighted by atomic mass is 16.4. The molecule has 1 aromatic rings. The van der Waals surface area contributed by atoms with E-state index < -0.39 is 5.97 Å². The highest BCUT2D eigenvalue weighted by molar-refractivity contribution is 5.89. The van der Waals surface area contributed by atoms with Gasteiger partial charge in [0.1, 0.15) is 5.82 Å². The van der Waals surface area contributed by atoms with E-state index in [-0.39, 0.29) is 6.03 Å². The van der Waals surface area contributed by atoms with Crippen LogP contribution in [0.25, 0.3) is 6.08 Å². The molecule has 0 unspecified atom stereocenters. The summed E-state index contributed by atoms with van der Waals surface area (Å²) in [6.07, 6.45) is 6.09. The number of nitrogens with one attached hydrogen (secondary N) is 1. The molecule has 1 fully saturated rings. The molecule has 100 valence electrons. The van der Waals surface area contributed by atoms with Gasteiger partial charge in [0.05, 0.1) is 0 Å². The van der Waals surface area contributed by atoms with Gasteiger partial charge in [-0.2, -0.15) is 0 Å². The normalized spacial score (nSPS) is 14.8. The van der Waals surface area contributed by atoms with Gasteiger partial charge in [0.2, 0.25) is 0 Å². The smallest absolute Gasteiger partial charge is 0.328 e. The first kappa shape index (κ1) is 13.1. The Morgan fingerprint density at radius 3 is 2.79 bits per heavy atom. The Kier molecular flexibility index (Phi) is 4.12. The Morgan fingerprint density at radius 2 is 2.11 bits per heavy atom. The monoisotopic (exact) mass is 261 g/mol. The van der Waals surface area contributed by atoms with E-state index >= 15 is 0 Å². The fourth-order valence-corrected chi connectivity index (χ4v) is 1.90. The third kappa shape index (κ3) is 3.80. The lowest BCUT2D eigenvalue weighted by Gasteiger charge is -2.15. The molecule has 1 aromatic heterocycles. The SMILES string of the molecule is O=C(O)/C=C/c1ccnc(NC(=O)N2CCCC2)c1. The van der Waals surface area contributed by atoms with E-state index in [9.17, 15) is 9.59 Å². The molecular formula is C13H15N3O3. The molecule has 1 aliphatic heterocycles. The van der Waals surface area contributed by atoms with Gasteiger partial charge < -0.3 is 10.0 Å². The van der Waals surface area contributed by atoms with Crippen molar-refractivity contribution in [3.05, 3.63) is 30.0 Å². The summed E-state index contributed by atoms with van der Waals surface area (Å²) >= 11 is 0. The molecule has 0 atom stereocenters. The molecule has 2 amide bonds. The third-order valence-electron chi connectivity index (χ3n) is 2.83. The summed E-state index contributed by atoms with van der Waals surface area (Å²) in [4.78, 5) is 28.1. The van der Waals surface area contributed by atoms with Gasteiger partial charge in [-0.25, -0.2) is 14.6 Å². The van der Waals surface area contributed by atoms with Crippen molar-refractivity contribution in [3.63, 3.8) is 0 Å². The average Bonchev–Trinajstić information content (AvgIpc) is 2.91. The number of likely N-dealkylation sites (tertiary alicyclic amines) is 1. The van der Waals surface area contributed by atoms with Crippen LogP contribution in [-0.4, -0.2) is 40.1 Å². The van der Waals surface area contributed by atoms with Crippen molar-refractivity contribution < 1.29 is 14.7 Å². The number of rotatable bonds is 3. The number of pyridine rings is 1. The van der Waals surface area contributed by atoms with Crippen molar-refractivity contribution in [2.45, 2.75) is 12.8 Å². The number of amides is 2. The van der Waals surface area contributed by atoms with Gasteiger partial charge in [0, 0.05) is 25.4 Å². The van der Waals surface area contributed by atoms with Gasteiger partial charge in [-0.1, -0.05) is 0 Å². The zero-order valence-electron chi connectivity index (χ0n) is 10.4. The number of aliphatic carboxylic acids is 1. The molecule has 2 heterocycles. The number of urea groups is 1. The van der Waals surface area contributed by atoms with E-state index in [2.05, 4.69) is 10.3 Å². The summed E-state index contributed by atoms with van der Waals surface area (Å²) in [5, 5.41) is 11.3. The summed E-state index contributed by atoms with van der Waals surface area (Å²) in [6, 6.07) is 3.14. The van der Waals surface area contributed by atoms with Crippen LogP contribution in [0.3, 0.4) is 0 Å². The first-order valence-corrected chi connectivity index (χ1v) is 6.08. The first-order valence-electron chi connectivity index (χ1n) is 6.08. The number of carboxylic acid groups (broad SMARTS) is 1. The molecular weight excluding hydrogens is 246 g/mol. The quantitative estimate of drug-likeness (QED) is 0.813. The van der Waals surface area contributed by atoms with Gasteiger partial charge in [-0.15, -0.1) is 0 Å². The number of carboxylic acids is 1. The lowest BCUT2D eigenvalue weighted by atomic mass is 10.2. The van der Waals surface area contributed by atoms with Crippen LogP contribution in [0.5, 0.6) is 0 Å². The maximum atomic E-state index is 11.9. The lowest BCUT2D eigenvalue weighted by molar-refractivity contribution is -0.131. The Bertz CT molecular complexity index is 508. The average molecular weight is 261 g/mol. The van der Waals surface area contributed by atoms with E-state index in [1.54, 1.807) is 17.0 Å². The van der Waals surface area contributed by atoms with E-state index in [1.165, 1.54) is 12.3 Å². The summed E-state index contributed by atoms with van der Waals surface area (Å²) in [7, 11) is 0. The summed E-state index contributed by atoms with van der Waals surface area (Å²) in [5.74, 6) is -0.594. The van der Waals surface area contributed by atoms with Crippen molar-refractivity contribution in [3.8, 4) is 0 Å². The van der Waals surface area contributed by atoms with Gasteiger partial charge in [-0.3, -0.25) is 5.32 Å². The number of carbonyl (C=O) groups is 2. The minimum Gasteiger partial charge on any atom is -0.478 e. The lowest BCUT2D eigenvalue weighted by Crippen LogP contribution is -2.32. The second-order valence-corrected chi connectivity index (χ2v) is 4.27. The highest BCUT2D eigenvalue weighted by Crippen LogP contribution is 2.12. The van der Waals surface area contributed by atoms with Crippen molar-refractivity contribution in [1.82, 2.24) is 9.88 Å². The number of hydrogen-bond acceptors (Lipinski definition) is 3. The predicted octanol–water partition coefficient (Wildman–Crippen LogP) is 1.81. The number of anilines is 1. The van der Waals surface area contributed by atoms with Crippen LogP contribution in [-0.2, 0) is 4.79 Å². The van der Waals surface area contributed by atoms with Gasteiger partial charge in [0.15, 0.2) is 0 Å². The van der Waals surface area contributed by atoms with E-state index in [0.717, 1.165) is 32.0 Å². The number of nitrogens with zero attached hydrogens (tertiary/aromatic N) is 2. The minimum absolute atomic E-state index is 0.163. The van der Waals surface area contributed by atoms with Crippen LogP contribution in [0.4, 0.5) is 10.6 Å². The van der Waals surface area contributed by atoms with Crippen LogP contribution in [0.15, 0.2) is 24.4 Å². The molecule has 1 saturated heterocycles. The van der Waals surface area contributed by atoms with E-state index in [4.69, 9.17) is 5.11 Å². The molecule has 0 radical (unpaired) electrons. The molecule has 0 aliphatic carbocycles. The summed E-state index contributed by atoms with van der Waals surface area (Å²) < 4.78 is 0. The van der Waals surface area contributed by atoms with E-state index in [0.29, 0.717) is 11.4 Å². The second kappa shape index (κ2) is 5.99. The first-order chi connectivity index (χ1) is 9.15. The Morgan fingerprint density at radius 1 is 1.37 bits per heavy atom. The van der Waals surface area contributed by atoms with Crippen LogP contribution >= 0.6 is 0 Å². The van der Waals surface area contributed by atoms with Gasteiger partial charge in [0.25, 0.3) is 0 Å². The Hall–Kier alpha value is -2.37. The van der Waals surface area contributed by atoms with Crippen molar-refractivity contribution in [2.75, 3.05) is 18.4 Å². The second-order valence-electron chi connectivity index (χ2n) is 4.27. The molecule has 6 nitrogen and oxygen atoms in total. The zero-order chi connectivity index (χ0) is 13.7. The molecule has 0 saturated carbocycles. The van der Waals surface area contributed by atoms with Crippen LogP contribution in [0, 0.1) is 0 Å². The van der Waals surface area contributed by atoms with Crippen molar-refractivity contribution >= 4 is 23.9 Å². The zero-order valence-corrected chi connectivity index (χ0v) is 10.4. The number of aromatic nitrogens is 1. The van der Waals surface area contributed by atoms with Crippen LogP contribution < -0.4 is 5.32 Å². The maximum Gasteiger partial charge on any atom is 0.328 e. The molecule has 19 heavy (non-hydrogen) atoms. The third-order valence-corrected chi connectivity index (χ3v) is 2.83.